The Hall–Kier alpha value is -2.98. The number of rotatable bonds is 4. The number of hydrogen-bond donors (Lipinski definition) is 1. The molecule has 128 valence electrons. The second-order valence-corrected chi connectivity index (χ2v) is 7.16. The first-order valence-corrected chi connectivity index (χ1v) is 9.38. The van der Waals surface area contributed by atoms with E-state index in [1.165, 1.54) is 10.8 Å². The quantitative estimate of drug-likeness (QED) is 0.527. The van der Waals surface area contributed by atoms with E-state index in [0.29, 0.717) is 5.56 Å². The lowest BCUT2D eigenvalue weighted by molar-refractivity contribution is 0.0939. The maximum Gasteiger partial charge on any atom is 0.253 e. The molecule has 0 radical (unpaired) electrons. The highest BCUT2D eigenvalue weighted by Gasteiger charge is 2.12. The molecule has 2 aromatic heterocycles. The summed E-state index contributed by atoms with van der Waals surface area (Å²) in [7, 11) is 0. The minimum absolute atomic E-state index is 0.0796. The molecule has 0 saturated carbocycles. The van der Waals surface area contributed by atoms with Crippen molar-refractivity contribution in [1.82, 2.24) is 10.3 Å². The van der Waals surface area contributed by atoms with E-state index >= 15 is 0 Å². The van der Waals surface area contributed by atoms with E-state index < -0.39 is 0 Å². The van der Waals surface area contributed by atoms with Crippen LogP contribution in [0.2, 0.25) is 0 Å². The van der Waals surface area contributed by atoms with Crippen molar-refractivity contribution in [2.45, 2.75) is 13.0 Å². The second-order valence-electron chi connectivity index (χ2n) is 6.21. The van der Waals surface area contributed by atoms with Gasteiger partial charge in [0.1, 0.15) is 0 Å². The summed E-state index contributed by atoms with van der Waals surface area (Å²) in [6, 6.07) is 22.1. The number of carbonyl (C=O) groups excluding carboxylic acids is 1. The van der Waals surface area contributed by atoms with Gasteiger partial charge < -0.3 is 5.32 Å². The fraction of sp³-hybridized carbons (Fsp3) is 0.0909. The molecule has 0 spiro atoms. The van der Waals surface area contributed by atoms with Gasteiger partial charge in [0.25, 0.3) is 5.91 Å². The summed E-state index contributed by atoms with van der Waals surface area (Å²) >= 11 is 1.64. The van der Waals surface area contributed by atoms with E-state index in [1.807, 2.05) is 48.7 Å². The third-order valence-corrected chi connectivity index (χ3v) is 5.31. The van der Waals surface area contributed by atoms with E-state index in [0.717, 1.165) is 16.1 Å². The predicted molar refractivity (Wildman–Crippen MR) is 107 cm³/mol. The first-order valence-electron chi connectivity index (χ1n) is 8.50. The molecule has 0 aliphatic heterocycles. The van der Waals surface area contributed by atoms with Crippen LogP contribution in [-0.2, 0) is 0 Å². The number of benzene rings is 2. The lowest BCUT2D eigenvalue weighted by Gasteiger charge is -2.15. The van der Waals surface area contributed by atoms with Crippen LogP contribution in [0.4, 0.5) is 0 Å². The van der Waals surface area contributed by atoms with Crippen LogP contribution in [0.3, 0.4) is 0 Å². The number of amides is 1. The molecule has 4 heteroatoms. The van der Waals surface area contributed by atoms with Gasteiger partial charge in [0, 0.05) is 6.20 Å². The Kier molecular flexibility index (Phi) is 4.50. The van der Waals surface area contributed by atoms with E-state index in [-0.39, 0.29) is 11.9 Å². The third-order valence-electron chi connectivity index (χ3n) is 4.42. The lowest BCUT2D eigenvalue weighted by atomic mass is 10.0. The molecule has 0 aliphatic carbocycles. The van der Waals surface area contributed by atoms with Gasteiger partial charge in [-0.1, -0.05) is 42.5 Å². The van der Waals surface area contributed by atoms with E-state index in [1.54, 1.807) is 17.5 Å². The summed E-state index contributed by atoms with van der Waals surface area (Å²) in [6.45, 7) is 2.00. The number of nitrogens with zero attached hydrogens (tertiary/aromatic N) is 1. The van der Waals surface area contributed by atoms with Crippen LogP contribution in [0.25, 0.3) is 21.3 Å². The third kappa shape index (κ3) is 3.37. The van der Waals surface area contributed by atoms with Crippen molar-refractivity contribution < 1.29 is 4.79 Å². The van der Waals surface area contributed by atoms with E-state index in [4.69, 9.17) is 0 Å². The van der Waals surface area contributed by atoms with E-state index in [9.17, 15) is 4.79 Å². The van der Waals surface area contributed by atoms with Gasteiger partial charge in [0.05, 0.1) is 22.2 Å². The predicted octanol–water partition coefficient (Wildman–Crippen LogP) is 5.45. The normalized spacial score (nSPS) is 12.0. The Balaban J connectivity index is 1.49. The smallest absolute Gasteiger partial charge is 0.253 e. The van der Waals surface area contributed by atoms with Crippen molar-refractivity contribution >= 4 is 28.0 Å². The summed E-state index contributed by atoms with van der Waals surface area (Å²) < 4.78 is 0. The second kappa shape index (κ2) is 7.10. The average molecular weight is 358 g/mol. The summed E-state index contributed by atoms with van der Waals surface area (Å²) in [5, 5.41) is 7.44. The zero-order chi connectivity index (χ0) is 17.9. The SMILES string of the molecule is C[C@H](NC(=O)c1ccc(-c2cccs2)nc1)c1ccc2ccccc2c1. The minimum atomic E-state index is -0.115. The van der Waals surface area contributed by atoms with Crippen LogP contribution in [0.5, 0.6) is 0 Å². The maximum atomic E-state index is 12.5. The highest BCUT2D eigenvalue weighted by Crippen LogP contribution is 2.23. The molecule has 4 aromatic rings. The van der Waals surface area contributed by atoms with Crippen LogP contribution in [-0.4, -0.2) is 10.9 Å². The molecule has 2 heterocycles. The number of fused-ring (bicyclic) bond motifs is 1. The standard InChI is InChI=1S/C22H18N2OS/c1-15(17-9-8-16-5-2-3-6-18(16)13-17)24-22(25)19-10-11-20(23-14-19)21-7-4-12-26-21/h2-15H,1H3,(H,24,25)/t15-/m0/s1. The van der Waals surface area contributed by atoms with Crippen LogP contribution < -0.4 is 5.32 Å². The van der Waals surface area contributed by atoms with Crippen molar-refractivity contribution in [3.05, 3.63) is 89.4 Å². The van der Waals surface area contributed by atoms with Crippen molar-refractivity contribution in [1.29, 1.82) is 0 Å². The van der Waals surface area contributed by atoms with Crippen molar-refractivity contribution in [3.63, 3.8) is 0 Å². The molecule has 0 aliphatic rings. The van der Waals surface area contributed by atoms with Gasteiger partial charge in [-0.25, -0.2) is 0 Å². The Bertz CT molecular complexity index is 1040. The molecule has 0 fully saturated rings. The number of thiophene rings is 1. The number of nitrogens with one attached hydrogen (secondary N) is 1. The van der Waals surface area contributed by atoms with Crippen molar-refractivity contribution in [2.75, 3.05) is 0 Å². The molecule has 26 heavy (non-hydrogen) atoms. The molecule has 1 N–H and O–H groups in total. The van der Waals surface area contributed by atoms with Crippen LogP contribution in [0.15, 0.2) is 78.3 Å². The van der Waals surface area contributed by atoms with Crippen LogP contribution >= 0.6 is 11.3 Å². The first kappa shape index (κ1) is 16.5. The zero-order valence-corrected chi connectivity index (χ0v) is 15.2. The molecule has 1 atom stereocenters. The highest BCUT2D eigenvalue weighted by atomic mass is 32.1. The summed E-state index contributed by atoms with van der Waals surface area (Å²) in [6.07, 6.45) is 1.64. The van der Waals surface area contributed by atoms with Gasteiger partial charge in [-0.3, -0.25) is 9.78 Å². The van der Waals surface area contributed by atoms with Gasteiger partial charge in [0.2, 0.25) is 0 Å². The maximum absolute atomic E-state index is 12.5. The Labute approximate surface area is 156 Å². The fourth-order valence-corrected chi connectivity index (χ4v) is 3.64. The van der Waals surface area contributed by atoms with Gasteiger partial charge in [-0.15, -0.1) is 11.3 Å². The molecule has 0 bridgehead atoms. The van der Waals surface area contributed by atoms with Crippen molar-refractivity contribution in [3.8, 4) is 10.6 Å². The van der Waals surface area contributed by atoms with Crippen LogP contribution in [0, 0.1) is 0 Å². The zero-order valence-electron chi connectivity index (χ0n) is 14.3. The van der Waals surface area contributed by atoms with Gasteiger partial charge >= 0.3 is 0 Å². The summed E-state index contributed by atoms with van der Waals surface area (Å²) in [5.41, 5.74) is 2.54. The number of hydrogen-bond acceptors (Lipinski definition) is 3. The Morgan fingerprint density at radius 3 is 2.58 bits per heavy atom. The van der Waals surface area contributed by atoms with Gasteiger partial charge in [0.15, 0.2) is 0 Å². The Morgan fingerprint density at radius 1 is 1.00 bits per heavy atom. The minimum Gasteiger partial charge on any atom is -0.345 e. The number of pyridine rings is 1. The largest absolute Gasteiger partial charge is 0.345 e. The van der Waals surface area contributed by atoms with Crippen LogP contribution in [0.1, 0.15) is 28.9 Å². The van der Waals surface area contributed by atoms with Crippen molar-refractivity contribution in [2.24, 2.45) is 0 Å². The molecule has 2 aromatic carbocycles. The molecule has 0 unspecified atom stereocenters. The molecule has 3 nitrogen and oxygen atoms in total. The molecule has 1 amide bonds. The summed E-state index contributed by atoms with van der Waals surface area (Å²) in [4.78, 5) is 18.1. The van der Waals surface area contributed by atoms with Gasteiger partial charge in [-0.05, 0) is 52.9 Å². The monoisotopic (exact) mass is 358 g/mol. The lowest BCUT2D eigenvalue weighted by Crippen LogP contribution is -2.26. The topological polar surface area (TPSA) is 42.0 Å². The first-order chi connectivity index (χ1) is 12.7. The average Bonchev–Trinajstić information content (AvgIpc) is 3.22. The summed E-state index contributed by atoms with van der Waals surface area (Å²) in [5.74, 6) is -0.115. The molecule has 0 saturated heterocycles. The molecular weight excluding hydrogens is 340 g/mol. The fourth-order valence-electron chi connectivity index (χ4n) is 2.94. The molecule has 4 rings (SSSR count). The number of carbonyl (C=O) groups is 1. The Morgan fingerprint density at radius 2 is 1.85 bits per heavy atom. The van der Waals surface area contributed by atoms with Gasteiger partial charge in [-0.2, -0.15) is 0 Å². The molecular formula is C22H18N2OS. The number of aromatic nitrogens is 1. The van der Waals surface area contributed by atoms with E-state index in [2.05, 4.69) is 40.6 Å². The highest BCUT2D eigenvalue weighted by molar-refractivity contribution is 7.13.